The van der Waals surface area contributed by atoms with Gasteiger partial charge in [-0.2, -0.15) is 0 Å². The van der Waals surface area contributed by atoms with Gasteiger partial charge in [0.2, 0.25) is 0 Å². The molecule has 2 aromatic rings. The molecule has 27 heavy (non-hydrogen) atoms. The van der Waals surface area contributed by atoms with Crippen molar-refractivity contribution >= 4 is 25.0 Å². The lowest BCUT2D eigenvalue weighted by Gasteiger charge is -2.41. The summed E-state index contributed by atoms with van der Waals surface area (Å²) in [4.78, 5) is 19.3. The van der Waals surface area contributed by atoms with Crippen molar-refractivity contribution in [1.29, 1.82) is 0 Å². The highest BCUT2D eigenvalue weighted by atomic mass is 35.5. The largest absolute Gasteiger partial charge is 0.354 e. The number of hydrogen-bond donors (Lipinski definition) is 1. The Balaban J connectivity index is 1.84. The number of halogens is 1. The summed E-state index contributed by atoms with van der Waals surface area (Å²) in [5.74, 6) is 0.122. The molecule has 0 radical (unpaired) electrons. The van der Waals surface area contributed by atoms with Gasteiger partial charge in [0.25, 0.3) is 0 Å². The van der Waals surface area contributed by atoms with Gasteiger partial charge in [0, 0.05) is 43.0 Å². The van der Waals surface area contributed by atoms with Crippen LogP contribution in [0.1, 0.15) is 25.2 Å². The van der Waals surface area contributed by atoms with Crippen molar-refractivity contribution in [3.05, 3.63) is 59.2 Å². The molecular weight excluding hydrogens is 385 g/mol. The summed E-state index contributed by atoms with van der Waals surface area (Å²) in [5.41, 5.74) is 0.622. The van der Waals surface area contributed by atoms with E-state index in [9.17, 15) is 9.46 Å². The Labute approximate surface area is 165 Å². The highest BCUT2D eigenvalue weighted by Gasteiger charge is 2.41. The highest BCUT2D eigenvalue weighted by Crippen LogP contribution is 2.59. The van der Waals surface area contributed by atoms with Crippen LogP contribution in [0.5, 0.6) is 0 Å². The maximum atomic E-state index is 13.1. The molecule has 1 N–H and O–H groups in total. The second-order valence-electron chi connectivity index (χ2n) is 6.82. The molecular formula is C19H25ClN3O3P. The van der Waals surface area contributed by atoms with Crippen LogP contribution in [0.25, 0.3) is 0 Å². The first-order chi connectivity index (χ1) is 12.9. The summed E-state index contributed by atoms with van der Waals surface area (Å²) in [7, 11) is -3.96. The van der Waals surface area contributed by atoms with Crippen molar-refractivity contribution in [2.75, 3.05) is 31.1 Å². The minimum absolute atomic E-state index is 0.361. The Kier molecular flexibility index (Phi) is 6.56. The molecule has 3 rings (SSSR count). The molecule has 8 heteroatoms. The summed E-state index contributed by atoms with van der Waals surface area (Å²) >= 11 is 6.37. The Bertz CT molecular complexity index is 798. The lowest BCUT2D eigenvalue weighted by Crippen LogP contribution is -2.48. The van der Waals surface area contributed by atoms with Crippen LogP contribution in [0.3, 0.4) is 0 Å². The van der Waals surface area contributed by atoms with E-state index in [-0.39, 0.29) is 6.10 Å². The van der Waals surface area contributed by atoms with Gasteiger partial charge in [-0.25, -0.2) is 4.98 Å². The third-order valence-electron chi connectivity index (χ3n) is 4.49. The molecule has 146 valence electrons. The van der Waals surface area contributed by atoms with Crippen LogP contribution in [0.15, 0.2) is 48.7 Å². The third-order valence-corrected chi connectivity index (χ3v) is 6.78. The number of pyridine rings is 1. The number of aromatic nitrogens is 1. The van der Waals surface area contributed by atoms with Gasteiger partial charge in [0.15, 0.2) is 0 Å². The van der Waals surface area contributed by atoms with Crippen LogP contribution in [-0.4, -0.2) is 47.1 Å². The molecule has 0 saturated carbocycles. The lowest BCUT2D eigenvalue weighted by molar-refractivity contribution is 0.154. The molecule has 6 nitrogen and oxygen atoms in total. The van der Waals surface area contributed by atoms with E-state index in [0.717, 1.165) is 5.82 Å². The SMILES string of the molecule is CC(C)OP(=O)(O)C(c1ccccc1Cl)N1CCN(c2ccccn2)CC1. The van der Waals surface area contributed by atoms with Gasteiger partial charge in [-0.1, -0.05) is 35.9 Å². The lowest BCUT2D eigenvalue weighted by atomic mass is 10.2. The van der Waals surface area contributed by atoms with E-state index in [1.807, 2.05) is 35.2 Å². The topological polar surface area (TPSA) is 65.9 Å². The average Bonchev–Trinajstić information content (AvgIpc) is 2.64. The zero-order chi connectivity index (χ0) is 19.4. The molecule has 1 aliphatic heterocycles. The fraction of sp³-hybridized carbons (Fsp3) is 0.421. The molecule has 2 atom stereocenters. The molecule has 0 amide bonds. The van der Waals surface area contributed by atoms with Gasteiger partial charge < -0.3 is 14.3 Å². The summed E-state index contributed by atoms with van der Waals surface area (Å²) in [6, 6.07) is 13.0. The summed E-state index contributed by atoms with van der Waals surface area (Å²) in [5, 5.41) is 0.469. The van der Waals surface area contributed by atoms with Crippen molar-refractivity contribution in [3.63, 3.8) is 0 Å². The molecule has 1 aromatic carbocycles. The molecule has 2 heterocycles. The maximum Gasteiger partial charge on any atom is 0.349 e. The van der Waals surface area contributed by atoms with Crippen LogP contribution in [0.2, 0.25) is 5.02 Å². The smallest absolute Gasteiger partial charge is 0.349 e. The van der Waals surface area contributed by atoms with Crippen LogP contribution in [0, 0.1) is 0 Å². The number of benzene rings is 1. The Hall–Kier alpha value is -1.43. The van der Waals surface area contributed by atoms with Crippen LogP contribution < -0.4 is 4.90 Å². The van der Waals surface area contributed by atoms with Crippen molar-refractivity contribution < 1.29 is 14.0 Å². The minimum atomic E-state index is -3.96. The van der Waals surface area contributed by atoms with Gasteiger partial charge >= 0.3 is 7.60 Å². The third kappa shape index (κ3) is 4.89. The predicted octanol–water partition coefficient (Wildman–Crippen LogP) is 4.17. The molecule has 1 fully saturated rings. The van der Waals surface area contributed by atoms with Gasteiger partial charge in [-0.05, 0) is 32.0 Å². The molecule has 1 saturated heterocycles. The summed E-state index contributed by atoms with van der Waals surface area (Å²) < 4.78 is 18.6. The molecule has 0 bridgehead atoms. The normalized spacial score (nSPS) is 19.1. The molecule has 0 spiro atoms. The van der Waals surface area contributed by atoms with Crippen LogP contribution >= 0.6 is 19.2 Å². The zero-order valence-corrected chi connectivity index (χ0v) is 17.2. The molecule has 1 aliphatic rings. The highest BCUT2D eigenvalue weighted by molar-refractivity contribution is 7.53. The summed E-state index contributed by atoms with van der Waals surface area (Å²) in [6.45, 7) is 6.15. The van der Waals surface area contributed by atoms with Gasteiger partial charge in [0.1, 0.15) is 11.6 Å². The first-order valence-electron chi connectivity index (χ1n) is 9.04. The van der Waals surface area contributed by atoms with Crippen molar-refractivity contribution in [1.82, 2.24) is 9.88 Å². The second kappa shape index (κ2) is 8.72. The minimum Gasteiger partial charge on any atom is -0.354 e. The Morgan fingerprint density at radius 3 is 2.37 bits per heavy atom. The van der Waals surface area contributed by atoms with Crippen molar-refractivity contribution in [2.24, 2.45) is 0 Å². The first kappa shape index (κ1) is 20.3. The van der Waals surface area contributed by atoms with E-state index in [0.29, 0.717) is 36.8 Å². The van der Waals surface area contributed by atoms with Crippen molar-refractivity contribution in [3.8, 4) is 0 Å². The molecule has 0 aliphatic carbocycles. The van der Waals surface area contributed by atoms with E-state index in [2.05, 4.69) is 9.88 Å². The number of piperazine rings is 1. The average molecular weight is 410 g/mol. The zero-order valence-electron chi connectivity index (χ0n) is 15.5. The van der Waals surface area contributed by atoms with E-state index in [1.54, 1.807) is 32.2 Å². The van der Waals surface area contributed by atoms with E-state index >= 15 is 0 Å². The Morgan fingerprint density at radius 2 is 1.78 bits per heavy atom. The fourth-order valence-corrected chi connectivity index (χ4v) is 5.61. The van der Waals surface area contributed by atoms with E-state index < -0.39 is 13.4 Å². The molecule has 2 unspecified atom stereocenters. The number of rotatable bonds is 6. The standard InChI is InChI=1S/C19H25ClN3O3P/c1-15(2)26-27(24,25)19(16-7-3-4-8-17(16)20)23-13-11-22(12-14-23)18-9-5-6-10-21-18/h3-10,15,19H,11-14H2,1-2H3,(H,24,25). The van der Waals surface area contributed by atoms with Gasteiger partial charge in [-0.15, -0.1) is 0 Å². The van der Waals surface area contributed by atoms with Gasteiger partial charge in [0.05, 0.1) is 6.10 Å². The number of anilines is 1. The van der Waals surface area contributed by atoms with Crippen LogP contribution in [0.4, 0.5) is 5.82 Å². The fourth-order valence-electron chi connectivity index (χ4n) is 3.36. The monoisotopic (exact) mass is 409 g/mol. The maximum absolute atomic E-state index is 13.1. The number of hydrogen-bond acceptors (Lipinski definition) is 5. The van der Waals surface area contributed by atoms with Gasteiger partial charge in [-0.3, -0.25) is 9.46 Å². The quantitative estimate of drug-likeness (QED) is 0.722. The predicted molar refractivity (Wildman–Crippen MR) is 108 cm³/mol. The van der Waals surface area contributed by atoms with Crippen LogP contribution in [-0.2, 0) is 9.09 Å². The van der Waals surface area contributed by atoms with E-state index in [4.69, 9.17) is 16.1 Å². The Morgan fingerprint density at radius 1 is 1.11 bits per heavy atom. The van der Waals surface area contributed by atoms with E-state index in [1.165, 1.54) is 0 Å². The second-order valence-corrected chi connectivity index (χ2v) is 9.06. The number of nitrogens with zero attached hydrogens (tertiary/aromatic N) is 3. The first-order valence-corrected chi connectivity index (χ1v) is 11.1. The van der Waals surface area contributed by atoms with Crippen molar-refractivity contribution in [2.45, 2.75) is 25.7 Å². The molecule has 1 aromatic heterocycles. The summed E-state index contributed by atoms with van der Waals surface area (Å²) in [6.07, 6.45) is 1.41.